The minimum absolute atomic E-state index is 0.318. The number of aryl methyl sites for hydroxylation is 2. The van der Waals surface area contributed by atoms with Crippen molar-refractivity contribution in [2.45, 2.75) is 46.2 Å². The molecule has 1 aromatic heterocycles. The van der Waals surface area contributed by atoms with Crippen molar-refractivity contribution >= 4 is 5.96 Å². The highest BCUT2D eigenvalue weighted by Gasteiger charge is 2.13. The zero-order chi connectivity index (χ0) is 18.9. The molecule has 2 rings (SSSR count). The fraction of sp³-hybridized carbons (Fsp3) is 0.474. The summed E-state index contributed by atoms with van der Waals surface area (Å²) < 4.78 is 29.1. The number of hydrogen-bond donors (Lipinski definition) is 2. The van der Waals surface area contributed by atoms with Gasteiger partial charge in [-0.2, -0.15) is 0 Å². The maximum atomic E-state index is 13.9. The minimum atomic E-state index is -0.577. The predicted octanol–water partition coefficient (Wildman–Crippen LogP) is 3.57. The summed E-state index contributed by atoms with van der Waals surface area (Å²) in [5, 5.41) is 6.32. The van der Waals surface area contributed by atoms with Gasteiger partial charge in [-0.1, -0.05) is 6.07 Å². The second kappa shape index (κ2) is 9.89. The lowest BCUT2D eigenvalue weighted by atomic mass is 10.1. The number of nitrogens with one attached hydrogen (secondary N) is 2. The van der Waals surface area contributed by atoms with Gasteiger partial charge in [0.2, 0.25) is 0 Å². The smallest absolute Gasteiger partial charge is 0.191 e. The maximum absolute atomic E-state index is 13.9. The number of nitrogens with zero attached hydrogens (tertiary/aromatic N) is 3. The lowest BCUT2D eigenvalue weighted by Gasteiger charge is -2.18. The Morgan fingerprint density at radius 2 is 2.12 bits per heavy atom. The second-order valence-electron chi connectivity index (χ2n) is 6.17. The van der Waals surface area contributed by atoms with Gasteiger partial charge >= 0.3 is 0 Å². The van der Waals surface area contributed by atoms with Crippen LogP contribution in [0.3, 0.4) is 0 Å². The SMILES string of the molecule is CCNC(=NCCCCn1ccnc1C)NC(C)c1ccc(F)cc1F. The summed E-state index contributed by atoms with van der Waals surface area (Å²) in [5.74, 6) is 0.505. The average Bonchev–Trinajstić information content (AvgIpc) is 2.99. The molecule has 7 heteroatoms. The van der Waals surface area contributed by atoms with Crippen LogP contribution in [0.25, 0.3) is 0 Å². The first-order valence-corrected chi connectivity index (χ1v) is 8.98. The monoisotopic (exact) mass is 363 g/mol. The van der Waals surface area contributed by atoms with Crippen LogP contribution in [0, 0.1) is 18.6 Å². The Hall–Kier alpha value is -2.44. The van der Waals surface area contributed by atoms with E-state index in [1.54, 1.807) is 6.20 Å². The van der Waals surface area contributed by atoms with Gasteiger partial charge in [0.25, 0.3) is 0 Å². The molecule has 0 saturated carbocycles. The van der Waals surface area contributed by atoms with E-state index in [9.17, 15) is 8.78 Å². The standard InChI is InChI=1S/C19H27F2N5/c1-4-22-19(24-9-5-6-11-26-12-10-23-15(26)3)25-14(2)17-8-7-16(20)13-18(17)21/h7-8,10,12-14H,4-6,9,11H2,1-3H3,(H2,22,24,25). The van der Waals surface area contributed by atoms with Crippen LogP contribution in [0.2, 0.25) is 0 Å². The van der Waals surface area contributed by atoms with E-state index in [0.29, 0.717) is 24.6 Å². The quantitative estimate of drug-likeness (QED) is 0.428. The highest BCUT2D eigenvalue weighted by atomic mass is 19.1. The van der Waals surface area contributed by atoms with Crippen LogP contribution >= 0.6 is 0 Å². The average molecular weight is 363 g/mol. The minimum Gasteiger partial charge on any atom is -0.357 e. The lowest BCUT2D eigenvalue weighted by molar-refractivity contribution is 0.550. The molecule has 0 radical (unpaired) electrons. The van der Waals surface area contributed by atoms with Crippen LogP contribution in [-0.4, -0.2) is 28.6 Å². The zero-order valence-corrected chi connectivity index (χ0v) is 15.6. The Labute approximate surface area is 153 Å². The normalized spacial score (nSPS) is 12.9. The Bertz CT molecular complexity index is 726. The molecular weight excluding hydrogens is 336 g/mol. The summed E-state index contributed by atoms with van der Waals surface area (Å²) in [6.45, 7) is 8.08. The van der Waals surface area contributed by atoms with Gasteiger partial charge in [-0.25, -0.2) is 13.8 Å². The predicted molar refractivity (Wildman–Crippen MR) is 100 cm³/mol. The van der Waals surface area contributed by atoms with E-state index in [1.807, 2.05) is 27.0 Å². The van der Waals surface area contributed by atoms with E-state index in [4.69, 9.17) is 0 Å². The fourth-order valence-corrected chi connectivity index (χ4v) is 2.68. The molecule has 0 aliphatic rings. The van der Waals surface area contributed by atoms with E-state index >= 15 is 0 Å². The summed E-state index contributed by atoms with van der Waals surface area (Å²) in [6, 6.07) is 3.30. The first-order valence-electron chi connectivity index (χ1n) is 8.98. The van der Waals surface area contributed by atoms with Crippen LogP contribution in [0.4, 0.5) is 8.78 Å². The number of guanidine groups is 1. The molecule has 1 atom stereocenters. The third-order valence-electron chi connectivity index (χ3n) is 4.13. The first kappa shape index (κ1) is 19.9. The van der Waals surface area contributed by atoms with Gasteiger partial charge in [0.15, 0.2) is 5.96 Å². The van der Waals surface area contributed by atoms with Crippen molar-refractivity contribution in [2.75, 3.05) is 13.1 Å². The number of unbranched alkanes of at least 4 members (excludes halogenated alkanes) is 1. The topological polar surface area (TPSA) is 54.2 Å². The molecule has 142 valence electrons. The Balaban J connectivity index is 1.86. The molecule has 0 saturated heterocycles. The van der Waals surface area contributed by atoms with Crippen molar-refractivity contribution in [2.24, 2.45) is 4.99 Å². The van der Waals surface area contributed by atoms with Crippen LogP contribution in [0.1, 0.15) is 44.1 Å². The van der Waals surface area contributed by atoms with Crippen LogP contribution < -0.4 is 10.6 Å². The van der Waals surface area contributed by atoms with Crippen LogP contribution in [0.15, 0.2) is 35.6 Å². The molecule has 1 heterocycles. The van der Waals surface area contributed by atoms with E-state index in [0.717, 1.165) is 31.3 Å². The molecule has 0 aliphatic carbocycles. The largest absolute Gasteiger partial charge is 0.357 e. The number of halogens is 2. The summed E-state index contributed by atoms with van der Waals surface area (Å²) in [4.78, 5) is 8.74. The molecule has 0 aliphatic heterocycles. The third kappa shape index (κ3) is 5.82. The summed E-state index contributed by atoms with van der Waals surface area (Å²) >= 11 is 0. The maximum Gasteiger partial charge on any atom is 0.191 e. The number of rotatable bonds is 8. The number of hydrogen-bond acceptors (Lipinski definition) is 2. The van der Waals surface area contributed by atoms with E-state index in [1.165, 1.54) is 12.1 Å². The van der Waals surface area contributed by atoms with Crippen LogP contribution in [0.5, 0.6) is 0 Å². The highest BCUT2D eigenvalue weighted by molar-refractivity contribution is 5.80. The van der Waals surface area contributed by atoms with E-state index in [2.05, 4.69) is 25.2 Å². The molecule has 0 fully saturated rings. The van der Waals surface area contributed by atoms with Crippen molar-refractivity contribution in [3.05, 3.63) is 53.6 Å². The number of imidazole rings is 1. The van der Waals surface area contributed by atoms with Gasteiger partial charge in [-0.05, 0) is 39.7 Å². The molecule has 2 aromatic rings. The van der Waals surface area contributed by atoms with Crippen LogP contribution in [-0.2, 0) is 6.54 Å². The molecule has 0 spiro atoms. The molecule has 2 N–H and O–H groups in total. The second-order valence-corrected chi connectivity index (χ2v) is 6.17. The van der Waals surface area contributed by atoms with E-state index in [-0.39, 0.29) is 6.04 Å². The fourth-order valence-electron chi connectivity index (χ4n) is 2.68. The van der Waals surface area contributed by atoms with Crippen molar-refractivity contribution in [3.63, 3.8) is 0 Å². The van der Waals surface area contributed by atoms with Crippen molar-refractivity contribution in [3.8, 4) is 0 Å². The molecule has 1 aromatic carbocycles. The highest BCUT2D eigenvalue weighted by Crippen LogP contribution is 2.17. The summed E-state index contributed by atoms with van der Waals surface area (Å²) in [7, 11) is 0. The third-order valence-corrected chi connectivity index (χ3v) is 4.13. The van der Waals surface area contributed by atoms with Gasteiger partial charge in [-0.15, -0.1) is 0 Å². The molecule has 5 nitrogen and oxygen atoms in total. The van der Waals surface area contributed by atoms with Crippen molar-refractivity contribution < 1.29 is 8.78 Å². The molecular formula is C19H27F2N5. The lowest BCUT2D eigenvalue weighted by Crippen LogP contribution is -2.39. The number of aromatic nitrogens is 2. The molecule has 1 unspecified atom stereocenters. The number of benzene rings is 1. The van der Waals surface area contributed by atoms with Crippen molar-refractivity contribution in [1.29, 1.82) is 0 Å². The summed E-state index contributed by atoms with van der Waals surface area (Å²) in [6.07, 6.45) is 5.72. The molecule has 0 amide bonds. The molecule has 0 bridgehead atoms. The number of aliphatic imine (C=N–C) groups is 1. The first-order chi connectivity index (χ1) is 12.5. The zero-order valence-electron chi connectivity index (χ0n) is 15.6. The van der Waals surface area contributed by atoms with Gasteiger partial charge in [-0.3, -0.25) is 4.99 Å². The Morgan fingerprint density at radius 3 is 2.77 bits per heavy atom. The van der Waals surface area contributed by atoms with Gasteiger partial charge in [0, 0.05) is 43.7 Å². The Morgan fingerprint density at radius 1 is 1.31 bits per heavy atom. The van der Waals surface area contributed by atoms with Gasteiger partial charge < -0.3 is 15.2 Å². The molecule has 26 heavy (non-hydrogen) atoms. The van der Waals surface area contributed by atoms with Crippen molar-refractivity contribution in [1.82, 2.24) is 20.2 Å². The van der Waals surface area contributed by atoms with Gasteiger partial charge in [0.05, 0.1) is 6.04 Å². The summed E-state index contributed by atoms with van der Waals surface area (Å²) in [5.41, 5.74) is 0.410. The Kier molecular flexibility index (Phi) is 7.56. The van der Waals surface area contributed by atoms with Gasteiger partial charge in [0.1, 0.15) is 17.5 Å². The van der Waals surface area contributed by atoms with E-state index < -0.39 is 11.6 Å².